The van der Waals surface area contributed by atoms with Gasteiger partial charge in [0, 0.05) is 23.1 Å². The lowest BCUT2D eigenvalue weighted by Gasteiger charge is -2.16. The Bertz CT molecular complexity index is 1130. The number of aromatic nitrogens is 3. The molecule has 156 valence electrons. The maximum Gasteiger partial charge on any atom is 0.341 e. The van der Waals surface area contributed by atoms with Crippen molar-refractivity contribution in [3.05, 3.63) is 80.7 Å². The van der Waals surface area contributed by atoms with Gasteiger partial charge in [0.2, 0.25) is 5.82 Å². The molecule has 0 aliphatic carbocycles. The number of ether oxygens (including phenoxy) is 1. The van der Waals surface area contributed by atoms with Crippen LogP contribution in [0.2, 0.25) is 0 Å². The number of anilines is 2. The molecule has 1 aromatic carbocycles. The number of hydrogen-bond acceptors (Lipinski definition) is 7. The van der Waals surface area contributed by atoms with Gasteiger partial charge in [-0.2, -0.15) is 4.39 Å². The van der Waals surface area contributed by atoms with Gasteiger partial charge in [0.25, 0.3) is 5.56 Å². The third-order valence-electron chi connectivity index (χ3n) is 3.91. The van der Waals surface area contributed by atoms with Crippen LogP contribution >= 0.6 is 15.9 Å². The quantitative estimate of drug-likeness (QED) is 0.500. The van der Waals surface area contributed by atoms with Crippen LogP contribution in [0.1, 0.15) is 16.1 Å². The summed E-state index contributed by atoms with van der Waals surface area (Å²) < 4.78 is 35.4. The van der Waals surface area contributed by atoms with E-state index in [9.17, 15) is 18.4 Å². The summed E-state index contributed by atoms with van der Waals surface area (Å²) in [4.78, 5) is 32.8. The Morgan fingerprint density at radius 3 is 2.77 bits per heavy atom. The molecule has 0 spiro atoms. The van der Waals surface area contributed by atoms with Crippen LogP contribution in [0.25, 0.3) is 0 Å². The van der Waals surface area contributed by atoms with Crippen LogP contribution < -0.4 is 10.9 Å². The molecular formula is C19H15BrF2N4O4. The number of nitrogens with zero attached hydrogens (tertiary/aromatic N) is 3. The second-order valence-corrected chi connectivity index (χ2v) is 6.89. The van der Waals surface area contributed by atoms with Gasteiger partial charge in [-0.3, -0.25) is 14.8 Å². The van der Waals surface area contributed by atoms with Crippen LogP contribution in [0.4, 0.5) is 20.2 Å². The summed E-state index contributed by atoms with van der Waals surface area (Å²) in [6.07, 6.45) is 5.31. The Morgan fingerprint density at radius 2 is 2.10 bits per heavy atom. The Balaban J connectivity index is 2.08. The Hall–Kier alpha value is -3.18. The molecule has 3 rings (SSSR count). The minimum atomic E-state index is -1.31. The molecule has 0 saturated carbocycles. The summed E-state index contributed by atoms with van der Waals surface area (Å²) in [5.41, 5.74) is -1.75. The molecule has 0 amide bonds. The molecule has 8 nitrogen and oxygen atoms in total. The highest BCUT2D eigenvalue weighted by Gasteiger charge is 2.23. The maximum atomic E-state index is 15.0. The van der Waals surface area contributed by atoms with Gasteiger partial charge in [-0.05, 0) is 18.2 Å². The van der Waals surface area contributed by atoms with E-state index in [1.807, 2.05) is 0 Å². The van der Waals surface area contributed by atoms with Gasteiger partial charge in [0.05, 0.1) is 36.4 Å². The van der Waals surface area contributed by atoms with E-state index in [0.29, 0.717) is 10.2 Å². The van der Waals surface area contributed by atoms with Crippen LogP contribution in [-0.4, -0.2) is 38.8 Å². The van der Waals surface area contributed by atoms with Crippen molar-refractivity contribution in [1.82, 2.24) is 14.5 Å². The van der Waals surface area contributed by atoms with Gasteiger partial charge < -0.3 is 19.7 Å². The zero-order valence-electron chi connectivity index (χ0n) is 15.3. The molecule has 0 saturated heterocycles. The standard InChI is InChI=1S/C19H15BrF2N4O4/c20-11-1-2-15(14(21)7-11)25-17-13(19(29)30-6-5-27)10-26(18(28)16(17)22)9-12-8-23-3-4-24-12/h1-4,7-8,10,25,27H,5-6,9H2. The van der Waals surface area contributed by atoms with Gasteiger partial charge in [-0.1, -0.05) is 15.9 Å². The highest BCUT2D eigenvalue weighted by Crippen LogP contribution is 2.27. The molecule has 0 fully saturated rings. The predicted octanol–water partition coefficient (Wildman–Crippen LogP) is 2.62. The Kier molecular flexibility index (Phi) is 6.85. The van der Waals surface area contributed by atoms with Crippen molar-refractivity contribution in [2.75, 3.05) is 18.5 Å². The van der Waals surface area contributed by atoms with E-state index >= 15 is 0 Å². The number of halogens is 3. The second-order valence-electron chi connectivity index (χ2n) is 5.97. The van der Waals surface area contributed by atoms with Crippen molar-refractivity contribution in [2.45, 2.75) is 6.54 Å². The molecule has 0 aliphatic rings. The first kappa shape index (κ1) is 21.5. The van der Waals surface area contributed by atoms with E-state index in [1.165, 1.54) is 30.7 Å². The topological polar surface area (TPSA) is 106 Å². The SMILES string of the molecule is O=C(OCCO)c1cn(Cc2cnccn2)c(=O)c(F)c1Nc1ccc(Br)cc1F. The number of esters is 1. The summed E-state index contributed by atoms with van der Waals surface area (Å²) in [5.74, 6) is -3.04. The van der Waals surface area contributed by atoms with E-state index in [4.69, 9.17) is 9.84 Å². The number of aliphatic hydroxyl groups is 1. The fraction of sp³-hybridized carbons (Fsp3) is 0.158. The van der Waals surface area contributed by atoms with Crippen LogP contribution in [-0.2, 0) is 11.3 Å². The van der Waals surface area contributed by atoms with Gasteiger partial charge in [0.1, 0.15) is 18.0 Å². The highest BCUT2D eigenvalue weighted by molar-refractivity contribution is 9.10. The van der Waals surface area contributed by atoms with Gasteiger partial charge in [0.15, 0.2) is 0 Å². The molecule has 0 aliphatic heterocycles. The third kappa shape index (κ3) is 4.86. The van der Waals surface area contributed by atoms with Crippen molar-refractivity contribution < 1.29 is 23.4 Å². The predicted molar refractivity (Wildman–Crippen MR) is 107 cm³/mol. The highest BCUT2D eigenvalue weighted by atomic mass is 79.9. The van der Waals surface area contributed by atoms with Crippen molar-refractivity contribution in [2.24, 2.45) is 0 Å². The largest absolute Gasteiger partial charge is 0.460 e. The number of aliphatic hydroxyl groups excluding tert-OH is 1. The van der Waals surface area contributed by atoms with Gasteiger partial charge in [-0.15, -0.1) is 0 Å². The van der Waals surface area contributed by atoms with Crippen molar-refractivity contribution in [3.63, 3.8) is 0 Å². The molecule has 11 heteroatoms. The monoisotopic (exact) mass is 480 g/mol. The molecule has 0 bridgehead atoms. The van der Waals surface area contributed by atoms with E-state index in [-0.39, 0.29) is 24.4 Å². The van der Waals surface area contributed by atoms with E-state index in [2.05, 4.69) is 31.2 Å². The summed E-state index contributed by atoms with van der Waals surface area (Å²) in [7, 11) is 0. The smallest absolute Gasteiger partial charge is 0.341 e. The fourth-order valence-electron chi connectivity index (χ4n) is 2.55. The van der Waals surface area contributed by atoms with Crippen molar-refractivity contribution >= 4 is 33.3 Å². The lowest BCUT2D eigenvalue weighted by molar-refractivity contribution is 0.0433. The lowest BCUT2D eigenvalue weighted by atomic mass is 10.2. The average Bonchev–Trinajstić information content (AvgIpc) is 2.74. The molecule has 2 aromatic heterocycles. The average molecular weight is 481 g/mol. The molecule has 30 heavy (non-hydrogen) atoms. The first-order valence-corrected chi connectivity index (χ1v) is 9.38. The molecule has 2 heterocycles. The van der Waals surface area contributed by atoms with Crippen molar-refractivity contribution in [1.29, 1.82) is 0 Å². The van der Waals surface area contributed by atoms with E-state index in [0.717, 1.165) is 16.8 Å². The summed E-state index contributed by atoms with van der Waals surface area (Å²) in [6, 6.07) is 3.95. The maximum absolute atomic E-state index is 15.0. The molecule has 0 radical (unpaired) electrons. The summed E-state index contributed by atoms with van der Waals surface area (Å²) in [5, 5.41) is 11.3. The third-order valence-corrected chi connectivity index (χ3v) is 4.40. The Morgan fingerprint density at radius 1 is 1.30 bits per heavy atom. The minimum Gasteiger partial charge on any atom is -0.460 e. The number of hydrogen-bond donors (Lipinski definition) is 2. The summed E-state index contributed by atoms with van der Waals surface area (Å²) >= 11 is 3.11. The molecule has 3 aromatic rings. The number of rotatable bonds is 7. The van der Waals surface area contributed by atoms with Crippen LogP contribution in [0.3, 0.4) is 0 Å². The zero-order valence-corrected chi connectivity index (χ0v) is 16.9. The van der Waals surface area contributed by atoms with E-state index in [1.54, 1.807) is 0 Å². The number of pyridine rings is 1. The first-order chi connectivity index (χ1) is 14.4. The van der Waals surface area contributed by atoms with E-state index < -0.39 is 35.5 Å². The molecule has 0 atom stereocenters. The molecule has 0 unspecified atom stereocenters. The van der Waals surface area contributed by atoms with Gasteiger partial charge >= 0.3 is 5.97 Å². The number of nitrogens with one attached hydrogen (secondary N) is 1. The van der Waals surface area contributed by atoms with Crippen LogP contribution in [0.15, 0.2) is 52.3 Å². The van der Waals surface area contributed by atoms with Crippen molar-refractivity contribution in [3.8, 4) is 0 Å². The lowest BCUT2D eigenvalue weighted by Crippen LogP contribution is -2.28. The zero-order chi connectivity index (χ0) is 21.7. The van der Waals surface area contributed by atoms with Crippen LogP contribution in [0, 0.1) is 11.6 Å². The van der Waals surface area contributed by atoms with Crippen LogP contribution in [0.5, 0.6) is 0 Å². The fourth-order valence-corrected chi connectivity index (χ4v) is 2.89. The first-order valence-electron chi connectivity index (χ1n) is 8.58. The number of carbonyl (C=O) groups excluding carboxylic acids is 1. The molecule has 2 N–H and O–H groups in total. The Labute approximate surface area is 177 Å². The number of benzene rings is 1. The molecular weight excluding hydrogens is 466 g/mol. The normalized spacial score (nSPS) is 10.7. The number of carbonyl (C=O) groups is 1. The second kappa shape index (κ2) is 9.55. The minimum absolute atomic E-state index is 0.153. The summed E-state index contributed by atoms with van der Waals surface area (Å²) in [6.45, 7) is -0.940. The van der Waals surface area contributed by atoms with Gasteiger partial charge in [-0.25, -0.2) is 9.18 Å².